The Morgan fingerprint density at radius 3 is 2.65 bits per heavy atom. The minimum absolute atomic E-state index is 0.315. The standard InChI is InChI=1S/C13H15ClN2S/c1-9(11-3-5-12(14)6-4-11)15-7-13-8-16-10(2)17-13/h3-6,8-9,15H,7H2,1-2H3/t9-/m1/s1. The summed E-state index contributed by atoms with van der Waals surface area (Å²) in [7, 11) is 0. The lowest BCUT2D eigenvalue weighted by molar-refractivity contribution is 0.578. The number of thiazole rings is 1. The van der Waals surface area contributed by atoms with E-state index in [9.17, 15) is 0 Å². The van der Waals surface area contributed by atoms with Crippen molar-refractivity contribution in [3.05, 3.63) is 50.9 Å². The van der Waals surface area contributed by atoms with Crippen LogP contribution in [0.2, 0.25) is 5.02 Å². The zero-order chi connectivity index (χ0) is 12.3. The van der Waals surface area contributed by atoms with Gasteiger partial charge in [0.05, 0.1) is 5.01 Å². The molecule has 0 unspecified atom stereocenters. The number of aromatic nitrogens is 1. The largest absolute Gasteiger partial charge is 0.305 e. The number of rotatable bonds is 4. The van der Waals surface area contributed by atoms with Crippen molar-refractivity contribution in [3.63, 3.8) is 0 Å². The van der Waals surface area contributed by atoms with Gasteiger partial charge in [0, 0.05) is 28.7 Å². The quantitative estimate of drug-likeness (QED) is 0.906. The van der Waals surface area contributed by atoms with E-state index in [1.807, 2.05) is 25.3 Å². The number of nitrogens with zero attached hydrogens (tertiary/aromatic N) is 1. The van der Waals surface area contributed by atoms with Gasteiger partial charge in [-0.25, -0.2) is 4.98 Å². The van der Waals surface area contributed by atoms with E-state index < -0.39 is 0 Å². The molecule has 0 aliphatic carbocycles. The average Bonchev–Trinajstić information content (AvgIpc) is 2.73. The Balaban J connectivity index is 1.93. The first-order valence-electron chi connectivity index (χ1n) is 5.55. The van der Waals surface area contributed by atoms with Gasteiger partial charge in [-0.05, 0) is 31.5 Å². The van der Waals surface area contributed by atoms with Crippen LogP contribution < -0.4 is 5.32 Å². The molecular weight excluding hydrogens is 252 g/mol. The molecule has 2 nitrogen and oxygen atoms in total. The summed E-state index contributed by atoms with van der Waals surface area (Å²) in [5, 5.41) is 5.36. The van der Waals surface area contributed by atoms with Gasteiger partial charge in [-0.3, -0.25) is 0 Å². The van der Waals surface area contributed by atoms with Crippen molar-refractivity contribution < 1.29 is 0 Å². The van der Waals surface area contributed by atoms with Crippen molar-refractivity contribution >= 4 is 22.9 Å². The Hall–Kier alpha value is -0.900. The van der Waals surface area contributed by atoms with Crippen molar-refractivity contribution in [1.29, 1.82) is 0 Å². The Labute approximate surface area is 111 Å². The summed E-state index contributed by atoms with van der Waals surface area (Å²) < 4.78 is 0. The maximum Gasteiger partial charge on any atom is 0.0897 e. The lowest BCUT2D eigenvalue weighted by atomic mass is 10.1. The highest BCUT2D eigenvalue weighted by molar-refractivity contribution is 7.11. The van der Waals surface area contributed by atoms with Crippen LogP contribution in [0.3, 0.4) is 0 Å². The molecule has 1 heterocycles. The molecule has 0 aliphatic heterocycles. The van der Waals surface area contributed by atoms with Crippen LogP contribution in [-0.4, -0.2) is 4.98 Å². The molecule has 0 saturated heterocycles. The monoisotopic (exact) mass is 266 g/mol. The molecular formula is C13H15ClN2S. The minimum atomic E-state index is 0.315. The van der Waals surface area contributed by atoms with Gasteiger partial charge in [-0.2, -0.15) is 0 Å². The Morgan fingerprint density at radius 1 is 1.35 bits per heavy atom. The molecule has 1 aromatic carbocycles. The maximum absolute atomic E-state index is 5.87. The molecule has 90 valence electrons. The van der Waals surface area contributed by atoms with E-state index in [4.69, 9.17) is 11.6 Å². The first-order valence-corrected chi connectivity index (χ1v) is 6.75. The predicted molar refractivity (Wildman–Crippen MR) is 73.6 cm³/mol. The first-order chi connectivity index (χ1) is 8.15. The van der Waals surface area contributed by atoms with Crippen molar-refractivity contribution in [2.24, 2.45) is 0 Å². The van der Waals surface area contributed by atoms with Crippen molar-refractivity contribution in [2.75, 3.05) is 0 Å². The number of hydrogen-bond acceptors (Lipinski definition) is 3. The smallest absolute Gasteiger partial charge is 0.0897 e. The molecule has 0 aliphatic rings. The molecule has 1 aromatic heterocycles. The molecule has 0 amide bonds. The van der Waals surface area contributed by atoms with Crippen molar-refractivity contribution in [3.8, 4) is 0 Å². The molecule has 0 spiro atoms. The van der Waals surface area contributed by atoms with Crippen LogP contribution >= 0.6 is 22.9 Å². The second-order valence-corrected chi connectivity index (χ2v) is 5.76. The van der Waals surface area contributed by atoms with Crippen molar-refractivity contribution in [2.45, 2.75) is 26.4 Å². The van der Waals surface area contributed by atoms with Crippen LogP contribution in [0, 0.1) is 6.92 Å². The molecule has 0 bridgehead atoms. The fraction of sp³-hybridized carbons (Fsp3) is 0.308. The van der Waals surface area contributed by atoms with Crippen LogP contribution in [0.1, 0.15) is 28.4 Å². The second kappa shape index (κ2) is 5.63. The fourth-order valence-electron chi connectivity index (χ4n) is 1.61. The molecule has 1 atom stereocenters. The highest BCUT2D eigenvalue weighted by atomic mass is 35.5. The predicted octanol–water partition coefficient (Wildman–Crippen LogP) is 3.96. The summed E-state index contributed by atoms with van der Waals surface area (Å²) in [5.74, 6) is 0. The van der Waals surface area contributed by atoms with Gasteiger partial charge in [0.25, 0.3) is 0 Å². The van der Waals surface area contributed by atoms with E-state index in [1.165, 1.54) is 10.4 Å². The van der Waals surface area contributed by atoms with E-state index in [2.05, 4.69) is 29.4 Å². The highest BCUT2D eigenvalue weighted by Crippen LogP contribution is 2.17. The Bertz CT molecular complexity index is 478. The summed E-state index contributed by atoms with van der Waals surface area (Å²) in [6, 6.07) is 8.27. The Kier molecular flexibility index (Phi) is 4.15. The molecule has 1 N–H and O–H groups in total. The topological polar surface area (TPSA) is 24.9 Å². The highest BCUT2D eigenvalue weighted by Gasteiger charge is 2.05. The molecule has 2 rings (SSSR count). The average molecular weight is 267 g/mol. The van der Waals surface area contributed by atoms with Gasteiger partial charge in [0.2, 0.25) is 0 Å². The molecule has 17 heavy (non-hydrogen) atoms. The van der Waals surface area contributed by atoms with Crippen molar-refractivity contribution in [1.82, 2.24) is 10.3 Å². The van der Waals surface area contributed by atoms with E-state index in [-0.39, 0.29) is 0 Å². The summed E-state index contributed by atoms with van der Waals surface area (Å²) in [6.07, 6.45) is 1.93. The lowest BCUT2D eigenvalue weighted by Gasteiger charge is -2.13. The third-order valence-corrected chi connectivity index (χ3v) is 3.79. The van der Waals surface area contributed by atoms with E-state index >= 15 is 0 Å². The molecule has 0 fully saturated rings. The van der Waals surface area contributed by atoms with Gasteiger partial charge >= 0.3 is 0 Å². The number of nitrogens with one attached hydrogen (secondary N) is 1. The Morgan fingerprint density at radius 2 is 2.06 bits per heavy atom. The van der Waals surface area contributed by atoms with E-state index in [0.29, 0.717) is 6.04 Å². The van der Waals surface area contributed by atoms with Crippen LogP contribution in [0.25, 0.3) is 0 Å². The fourth-order valence-corrected chi connectivity index (χ4v) is 2.48. The SMILES string of the molecule is Cc1ncc(CN[C@H](C)c2ccc(Cl)cc2)s1. The molecule has 0 saturated carbocycles. The third kappa shape index (κ3) is 3.53. The first kappa shape index (κ1) is 12.6. The number of aryl methyl sites for hydroxylation is 1. The van der Waals surface area contributed by atoms with Gasteiger partial charge in [0.15, 0.2) is 0 Å². The lowest BCUT2D eigenvalue weighted by Crippen LogP contribution is -2.17. The van der Waals surface area contributed by atoms with Crippen LogP contribution in [0.4, 0.5) is 0 Å². The number of halogens is 1. The zero-order valence-corrected chi connectivity index (χ0v) is 11.5. The van der Waals surface area contributed by atoms with Gasteiger partial charge in [-0.1, -0.05) is 23.7 Å². The van der Waals surface area contributed by atoms with Gasteiger partial charge < -0.3 is 5.32 Å². The van der Waals surface area contributed by atoms with E-state index in [0.717, 1.165) is 16.6 Å². The zero-order valence-electron chi connectivity index (χ0n) is 9.90. The third-order valence-electron chi connectivity index (χ3n) is 2.62. The van der Waals surface area contributed by atoms with Crippen LogP contribution in [-0.2, 0) is 6.54 Å². The maximum atomic E-state index is 5.87. The normalized spacial score (nSPS) is 12.6. The van der Waals surface area contributed by atoms with Gasteiger partial charge in [-0.15, -0.1) is 11.3 Å². The van der Waals surface area contributed by atoms with Gasteiger partial charge in [0.1, 0.15) is 0 Å². The molecule has 4 heteroatoms. The number of benzene rings is 1. The van der Waals surface area contributed by atoms with Crippen LogP contribution in [0.5, 0.6) is 0 Å². The molecule has 0 radical (unpaired) electrons. The summed E-state index contributed by atoms with van der Waals surface area (Å²) in [5.41, 5.74) is 1.25. The van der Waals surface area contributed by atoms with Crippen LogP contribution in [0.15, 0.2) is 30.5 Å². The number of hydrogen-bond donors (Lipinski definition) is 1. The summed E-state index contributed by atoms with van der Waals surface area (Å²) >= 11 is 7.60. The minimum Gasteiger partial charge on any atom is -0.305 e. The molecule has 2 aromatic rings. The van der Waals surface area contributed by atoms with E-state index in [1.54, 1.807) is 11.3 Å². The second-order valence-electron chi connectivity index (χ2n) is 4.00. The summed E-state index contributed by atoms with van der Waals surface area (Å²) in [6.45, 7) is 5.03. The summed E-state index contributed by atoms with van der Waals surface area (Å²) in [4.78, 5) is 5.51.